The van der Waals surface area contributed by atoms with E-state index in [2.05, 4.69) is 0 Å². The Morgan fingerprint density at radius 2 is 1.94 bits per heavy atom. The van der Waals surface area contributed by atoms with Crippen molar-refractivity contribution in [3.63, 3.8) is 0 Å². The van der Waals surface area contributed by atoms with Gasteiger partial charge >= 0.3 is 0 Å². The third kappa shape index (κ3) is 4.86. The number of anilines is 1. The Bertz CT molecular complexity index is 342. The molecular weight excluding hydrogens is 220 g/mol. The number of hydrogen-bond acceptors (Lipinski definition) is 4. The first-order valence-electron chi connectivity index (χ1n) is 5.38. The van der Waals surface area contributed by atoms with Gasteiger partial charge in [0.15, 0.2) is 0 Å². The summed E-state index contributed by atoms with van der Waals surface area (Å²) in [5, 5.41) is 0. The quantitative estimate of drug-likeness (QED) is 0.638. The van der Waals surface area contributed by atoms with Crippen LogP contribution in [0.3, 0.4) is 0 Å². The second-order valence-electron chi connectivity index (χ2n) is 3.14. The number of nitrogens with two attached hydrogens (primary N) is 1. The lowest BCUT2D eigenvalue weighted by molar-refractivity contribution is 0.726. The topological polar surface area (TPSA) is 46.3 Å². The molecule has 0 radical (unpaired) electrons. The molecule has 0 saturated carbocycles. The lowest BCUT2D eigenvalue weighted by Gasteiger charge is -2.20. The maximum atomic E-state index is 10.8. The van der Waals surface area contributed by atoms with Crippen molar-refractivity contribution in [3.05, 3.63) is 20.8 Å². The molecule has 1 aromatic rings. The van der Waals surface area contributed by atoms with Crippen molar-refractivity contribution in [3.8, 4) is 0 Å². The predicted octanol–water partition coefficient (Wildman–Crippen LogP) is 2.49. The van der Waals surface area contributed by atoms with E-state index >= 15 is 0 Å². The van der Waals surface area contributed by atoms with Crippen molar-refractivity contribution >= 4 is 17.9 Å². The fourth-order valence-electron chi connectivity index (χ4n) is 1.20. The third-order valence-corrected chi connectivity index (χ3v) is 2.49. The zero-order chi connectivity index (χ0) is 11.8. The minimum atomic E-state index is -0.0179. The van der Waals surface area contributed by atoms with E-state index in [0.29, 0.717) is 4.51 Å². The Balaban J connectivity index is 0. The van der Waals surface area contributed by atoms with E-state index in [9.17, 15) is 4.79 Å². The van der Waals surface area contributed by atoms with Gasteiger partial charge in [-0.3, -0.25) is 4.79 Å². The molecule has 1 rings (SSSR count). The fourth-order valence-corrected chi connectivity index (χ4v) is 1.47. The monoisotopic (exact) mass is 244 g/mol. The van der Waals surface area contributed by atoms with Crippen LogP contribution < -0.4 is 16.1 Å². The number of rotatable bonds is 5. The van der Waals surface area contributed by atoms with Crippen molar-refractivity contribution in [2.75, 3.05) is 25.0 Å². The van der Waals surface area contributed by atoms with Crippen LogP contribution in [-0.4, -0.2) is 20.1 Å². The summed E-state index contributed by atoms with van der Waals surface area (Å²) in [4.78, 5) is 12.8. The summed E-state index contributed by atoms with van der Waals surface area (Å²) in [6.45, 7) is 5.63. The molecule has 0 aliphatic carbocycles. The fraction of sp³-hybridized carbons (Fsp3) is 0.667. The minimum absolute atomic E-state index is 0. The molecule has 16 heavy (non-hydrogen) atoms. The molecule has 0 spiro atoms. The summed E-state index contributed by atoms with van der Waals surface area (Å²) in [6.07, 6.45) is 2.06. The van der Waals surface area contributed by atoms with Crippen LogP contribution in [0.4, 0.5) is 5.69 Å². The van der Waals surface area contributed by atoms with Crippen LogP contribution in [0.25, 0.3) is 0 Å². The van der Waals surface area contributed by atoms with Crippen LogP contribution in [0.15, 0.2) is 10.9 Å². The van der Waals surface area contributed by atoms with Gasteiger partial charge in [-0.15, -0.1) is 0 Å². The number of unbranched alkanes of at least 4 members (excludes halogenated alkanes) is 1. The minimum Gasteiger partial charge on any atom is -0.373 e. The maximum Gasteiger partial charge on any atom is 0.200 e. The van der Waals surface area contributed by atoms with E-state index in [1.807, 2.05) is 25.8 Å². The molecule has 0 aromatic heterocycles. The molecule has 0 amide bonds. The van der Waals surface area contributed by atoms with E-state index in [0.717, 1.165) is 31.6 Å². The summed E-state index contributed by atoms with van der Waals surface area (Å²) >= 11 is 4.90. The van der Waals surface area contributed by atoms with Crippen LogP contribution in [0, 0.1) is 4.51 Å². The molecule has 3 nitrogen and oxygen atoms in total. The zero-order valence-electron chi connectivity index (χ0n) is 9.75. The molecule has 0 atom stereocenters. The van der Waals surface area contributed by atoms with E-state index in [1.165, 1.54) is 0 Å². The smallest absolute Gasteiger partial charge is 0.200 e. The largest absolute Gasteiger partial charge is 0.373 e. The molecule has 0 bridgehead atoms. The van der Waals surface area contributed by atoms with Gasteiger partial charge in [0, 0.05) is 19.7 Å². The Morgan fingerprint density at radius 3 is 2.31 bits per heavy atom. The molecule has 0 fully saturated rings. The predicted molar refractivity (Wildman–Crippen MR) is 75.6 cm³/mol. The SMILES string of the molecule is C.CC.CN(CCCCN)c1cc(=O)c1=S. The first-order valence-corrected chi connectivity index (χ1v) is 5.79. The first-order chi connectivity index (χ1) is 7.16. The van der Waals surface area contributed by atoms with Gasteiger partial charge in [-0.2, -0.15) is 0 Å². The van der Waals surface area contributed by atoms with Crippen LogP contribution in [-0.2, 0) is 0 Å². The van der Waals surface area contributed by atoms with Crippen LogP contribution in [0.1, 0.15) is 34.1 Å². The molecule has 0 aliphatic rings. The van der Waals surface area contributed by atoms with Crippen LogP contribution in [0.5, 0.6) is 0 Å². The zero-order valence-corrected chi connectivity index (χ0v) is 10.6. The van der Waals surface area contributed by atoms with Gasteiger partial charge in [0.25, 0.3) is 0 Å². The highest BCUT2D eigenvalue weighted by Crippen LogP contribution is 2.13. The lowest BCUT2D eigenvalue weighted by Crippen LogP contribution is -2.25. The summed E-state index contributed by atoms with van der Waals surface area (Å²) in [7, 11) is 1.95. The molecule has 4 heteroatoms. The van der Waals surface area contributed by atoms with Gasteiger partial charge < -0.3 is 10.6 Å². The Hall–Kier alpha value is -0.740. The van der Waals surface area contributed by atoms with Gasteiger partial charge in [-0.25, -0.2) is 0 Å². The highest BCUT2D eigenvalue weighted by Gasteiger charge is 2.09. The average molecular weight is 244 g/mol. The van der Waals surface area contributed by atoms with Crippen molar-refractivity contribution in [2.24, 2.45) is 5.73 Å². The molecule has 0 unspecified atom stereocenters. The second kappa shape index (κ2) is 9.48. The molecule has 0 saturated heterocycles. The standard InChI is InChI=1S/C9H14N2OS.C2H6.CH4/c1-11(5-3-2-4-10)7-6-8(12)9(7)13;1-2;/h6H,2-5,10H2,1H3;1-2H3;1H4. The molecular formula is C12H24N2OS. The Morgan fingerprint density at radius 1 is 1.38 bits per heavy atom. The summed E-state index contributed by atoms with van der Waals surface area (Å²) in [5.41, 5.74) is 6.26. The Labute approximate surface area is 104 Å². The summed E-state index contributed by atoms with van der Waals surface area (Å²) in [5.74, 6) is 0. The highest BCUT2D eigenvalue weighted by atomic mass is 32.1. The molecule has 2 N–H and O–H groups in total. The summed E-state index contributed by atoms with van der Waals surface area (Å²) in [6, 6.07) is 1.59. The normalized spacial score (nSPS) is 9.00. The summed E-state index contributed by atoms with van der Waals surface area (Å²) < 4.78 is 0.468. The van der Waals surface area contributed by atoms with E-state index in [4.69, 9.17) is 18.0 Å². The van der Waals surface area contributed by atoms with Crippen molar-refractivity contribution in [1.82, 2.24) is 0 Å². The maximum absolute atomic E-state index is 10.8. The molecule has 0 aliphatic heterocycles. The van der Waals surface area contributed by atoms with Crippen LogP contribution in [0.2, 0.25) is 0 Å². The van der Waals surface area contributed by atoms with E-state index in [-0.39, 0.29) is 12.9 Å². The van der Waals surface area contributed by atoms with Gasteiger partial charge in [0.1, 0.15) is 4.51 Å². The van der Waals surface area contributed by atoms with Crippen LogP contribution >= 0.6 is 12.2 Å². The first kappa shape index (κ1) is 17.6. The van der Waals surface area contributed by atoms with Gasteiger partial charge in [0.05, 0.1) is 5.69 Å². The lowest BCUT2D eigenvalue weighted by atomic mass is 10.2. The average Bonchev–Trinajstić information content (AvgIpc) is 2.28. The van der Waals surface area contributed by atoms with Crippen molar-refractivity contribution in [1.29, 1.82) is 0 Å². The second-order valence-corrected chi connectivity index (χ2v) is 3.55. The highest BCUT2D eigenvalue weighted by molar-refractivity contribution is 7.71. The number of nitrogens with zero attached hydrogens (tertiary/aromatic N) is 1. The third-order valence-electron chi connectivity index (χ3n) is 2.08. The van der Waals surface area contributed by atoms with E-state index < -0.39 is 0 Å². The van der Waals surface area contributed by atoms with E-state index in [1.54, 1.807) is 6.07 Å². The molecule has 94 valence electrons. The van der Waals surface area contributed by atoms with Crippen molar-refractivity contribution in [2.45, 2.75) is 34.1 Å². The van der Waals surface area contributed by atoms with Gasteiger partial charge in [-0.1, -0.05) is 33.5 Å². The molecule has 0 heterocycles. The number of hydrogen-bond donors (Lipinski definition) is 1. The Kier molecular flexibility index (Phi) is 10.5. The molecule has 1 aromatic carbocycles. The van der Waals surface area contributed by atoms with Gasteiger partial charge in [0.2, 0.25) is 5.43 Å². The van der Waals surface area contributed by atoms with Gasteiger partial charge in [-0.05, 0) is 19.4 Å². The van der Waals surface area contributed by atoms with Crippen molar-refractivity contribution < 1.29 is 0 Å².